The fourth-order valence-corrected chi connectivity index (χ4v) is 4.01. The topological polar surface area (TPSA) is 30.5 Å². The van der Waals surface area contributed by atoms with E-state index < -0.39 is 0 Å². The van der Waals surface area contributed by atoms with Gasteiger partial charge in [0.25, 0.3) is 0 Å². The maximum atomic E-state index is 6.23. The lowest BCUT2D eigenvalue weighted by Gasteiger charge is -2.43. The van der Waals surface area contributed by atoms with Crippen LogP contribution in [-0.2, 0) is 9.47 Å². The fraction of sp³-hybridized carbons (Fsp3) is 1.00. The van der Waals surface area contributed by atoms with Crippen molar-refractivity contribution in [1.82, 2.24) is 5.32 Å². The first-order valence-electron chi connectivity index (χ1n) is 8.33. The lowest BCUT2D eigenvalue weighted by molar-refractivity contribution is -0.151. The van der Waals surface area contributed by atoms with Crippen LogP contribution in [0.5, 0.6) is 0 Å². The van der Waals surface area contributed by atoms with Crippen LogP contribution in [0.15, 0.2) is 0 Å². The molecule has 2 heterocycles. The molecule has 2 aliphatic heterocycles. The minimum Gasteiger partial charge on any atom is -0.378 e. The molecular weight excluding hydrogens is 238 g/mol. The maximum Gasteiger partial charge on any atom is 0.0707 e. The highest BCUT2D eigenvalue weighted by atomic mass is 16.5. The van der Waals surface area contributed by atoms with Gasteiger partial charge in [-0.1, -0.05) is 19.3 Å². The van der Waals surface area contributed by atoms with Gasteiger partial charge >= 0.3 is 0 Å². The Morgan fingerprint density at radius 2 is 2.00 bits per heavy atom. The number of hydrogen-bond donors (Lipinski definition) is 1. The minimum atomic E-state index is 0.186. The average Bonchev–Trinajstić information content (AvgIpc) is 2.47. The van der Waals surface area contributed by atoms with Crippen molar-refractivity contribution in [2.24, 2.45) is 5.92 Å². The zero-order valence-electron chi connectivity index (χ0n) is 12.2. The third-order valence-electron chi connectivity index (χ3n) is 5.18. The van der Waals surface area contributed by atoms with Gasteiger partial charge in [-0.25, -0.2) is 0 Å². The van der Waals surface area contributed by atoms with Crippen molar-refractivity contribution < 1.29 is 9.47 Å². The zero-order chi connectivity index (χ0) is 13.0. The van der Waals surface area contributed by atoms with E-state index in [1.807, 2.05) is 0 Å². The Hall–Kier alpha value is -0.120. The van der Waals surface area contributed by atoms with Gasteiger partial charge in [-0.15, -0.1) is 0 Å². The highest BCUT2D eigenvalue weighted by Crippen LogP contribution is 2.39. The Balaban J connectivity index is 1.45. The van der Waals surface area contributed by atoms with Crippen molar-refractivity contribution in [3.63, 3.8) is 0 Å². The van der Waals surface area contributed by atoms with Crippen LogP contribution in [0.3, 0.4) is 0 Å². The highest BCUT2D eigenvalue weighted by molar-refractivity contribution is 4.90. The van der Waals surface area contributed by atoms with Gasteiger partial charge in [0.05, 0.1) is 18.3 Å². The van der Waals surface area contributed by atoms with Crippen molar-refractivity contribution in [1.29, 1.82) is 0 Å². The molecule has 1 N–H and O–H groups in total. The molecule has 3 heteroatoms. The SMILES string of the molecule is C1CCC2(CC1)CC(OCC1CCCNC1)CCO2. The normalized spacial score (nSPS) is 35.4. The number of hydrogen-bond acceptors (Lipinski definition) is 3. The molecule has 3 aliphatic rings. The van der Waals surface area contributed by atoms with Gasteiger partial charge < -0.3 is 14.8 Å². The Morgan fingerprint density at radius 3 is 2.79 bits per heavy atom. The van der Waals surface area contributed by atoms with E-state index in [2.05, 4.69) is 5.32 Å². The molecule has 0 aromatic carbocycles. The third kappa shape index (κ3) is 3.71. The molecule has 3 rings (SSSR count). The molecule has 1 aliphatic carbocycles. The molecule has 2 saturated heterocycles. The summed E-state index contributed by atoms with van der Waals surface area (Å²) in [7, 11) is 0. The van der Waals surface area contributed by atoms with Gasteiger partial charge in [0.2, 0.25) is 0 Å². The molecule has 2 atom stereocenters. The smallest absolute Gasteiger partial charge is 0.0707 e. The van der Waals surface area contributed by atoms with E-state index in [1.54, 1.807) is 0 Å². The van der Waals surface area contributed by atoms with E-state index in [-0.39, 0.29) is 5.60 Å². The summed E-state index contributed by atoms with van der Waals surface area (Å²) in [6.07, 6.45) is 12.0. The first-order valence-corrected chi connectivity index (χ1v) is 8.33. The molecular formula is C16H29NO2. The number of piperidine rings is 1. The van der Waals surface area contributed by atoms with Crippen LogP contribution >= 0.6 is 0 Å². The second-order valence-electron chi connectivity index (χ2n) is 6.75. The summed E-state index contributed by atoms with van der Waals surface area (Å²) in [5, 5.41) is 3.47. The monoisotopic (exact) mass is 267 g/mol. The molecule has 1 spiro atoms. The van der Waals surface area contributed by atoms with Gasteiger partial charge in [-0.3, -0.25) is 0 Å². The Kier molecular flexibility index (Phi) is 4.78. The van der Waals surface area contributed by atoms with Crippen LogP contribution in [0.2, 0.25) is 0 Å². The van der Waals surface area contributed by atoms with E-state index >= 15 is 0 Å². The number of ether oxygens (including phenoxy) is 2. The van der Waals surface area contributed by atoms with E-state index in [4.69, 9.17) is 9.47 Å². The molecule has 19 heavy (non-hydrogen) atoms. The summed E-state index contributed by atoms with van der Waals surface area (Å²) in [4.78, 5) is 0. The van der Waals surface area contributed by atoms with Crippen LogP contribution in [0.1, 0.15) is 57.8 Å². The first kappa shape index (κ1) is 13.8. The number of rotatable bonds is 3. The Morgan fingerprint density at radius 1 is 1.11 bits per heavy atom. The van der Waals surface area contributed by atoms with Gasteiger partial charge in [0, 0.05) is 19.6 Å². The molecule has 0 radical (unpaired) electrons. The van der Waals surface area contributed by atoms with Gasteiger partial charge in [0.1, 0.15) is 0 Å². The second kappa shape index (κ2) is 6.55. The molecule has 3 nitrogen and oxygen atoms in total. The van der Waals surface area contributed by atoms with Crippen LogP contribution in [0.4, 0.5) is 0 Å². The zero-order valence-corrected chi connectivity index (χ0v) is 12.2. The van der Waals surface area contributed by atoms with E-state index in [0.717, 1.165) is 38.5 Å². The number of nitrogens with one attached hydrogen (secondary N) is 1. The minimum absolute atomic E-state index is 0.186. The van der Waals surface area contributed by atoms with Crippen molar-refractivity contribution in [3.05, 3.63) is 0 Å². The predicted octanol–water partition coefficient (Wildman–Crippen LogP) is 2.88. The van der Waals surface area contributed by atoms with Gasteiger partial charge in [-0.2, -0.15) is 0 Å². The maximum absolute atomic E-state index is 6.23. The lowest BCUT2D eigenvalue weighted by Crippen LogP contribution is -2.44. The van der Waals surface area contributed by atoms with Crippen LogP contribution in [0.25, 0.3) is 0 Å². The lowest BCUT2D eigenvalue weighted by atomic mass is 9.79. The molecule has 2 unspecified atom stereocenters. The summed E-state index contributed by atoms with van der Waals surface area (Å²) in [6, 6.07) is 0. The van der Waals surface area contributed by atoms with Crippen molar-refractivity contribution in [2.45, 2.75) is 69.5 Å². The summed E-state index contributed by atoms with van der Waals surface area (Å²) < 4.78 is 12.4. The molecule has 0 bridgehead atoms. The van der Waals surface area contributed by atoms with Crippen LogP contribution in [-0.4, -0.2) is 38.0 Å². The first-order chi connectivity index (χ1) is 9.36. The summed E-state index contributed by atoms with van der Waals surface area (Å²) >= 11 is 0. The van der Waals surface area contributed by atoms with Crippen LogP contribution < -0.4 is 5.32 Å². The van der Waals surface area contributed by atoms with E-state index in [1.165, 1.54) is 51.5 Å². The Bertz CT molecular complexity index is 264. The van der Waals surface area contributed by atoms with Crippen molar-refractivity contribution in [3.8, 4) is 0 Å². The molecule has 110 valence electrons. The van der Waals surface area contributed by atoms with E-state index in [9.17, 15) is 0 Å². The largest absolute Gasteiger partial charge is 0.378 e. The van der Waals surface area contributed by atoms with Gasteiger partial charge in [0.15, 0.2) is 0 Å². The Labute approximate surface area is 117 Å². The fourth-order valence-electron chi connectivity index (χ4n) is 4.01. The molecule has 1 saturated carbocycles. The van der Waals surface area contributed by atoms with Crippen molar-refractivity contribution >= 4 is 0 Å². The summed E-state index contributed by atoms with van der Waals surface area (Å²) in [5.74, 6) is 0.735. The van der Waals surface area contributed by atoms with Crippen LogP contribution in [0, 0.1) is 5.92 Å². The van der Waals surface area contributed by atoms with E-state index in [0.29, 0.717) is 6.10 Å². The molecule has 0 aromatic heterocycles. The van der Waals surface area contributed by atoms with Gasteiger partial charge in [-0.05, 0) is 44.6 Å². The molecule has 0 aromatic rings. The predicted molar refractivity (Wildman–Crippen MR) is 76.3 cm³/mol. The average molecular weight is 267 g/mol. The summed E-state index contributed by atoms with van der Waals surface area (Å²) in [6.45, 7) is 4.20. The van der Waals surface area contributed by atoms with Crippen molar-refractivity contribution in [2.75, 3.05) is 26.3 Å². The highest BCUT2D eigenvalue weighted by Gasteiger charge is 2.38. The summed E-state index contributed by atoms with van der Waals surface area (Å²) in [5.41, 5.74) is 0.186. The standard InChI is InChI=1S/C16H29NO2/c1-2-7-16(8-3-1)11-15(6-10-19-16)18-13-14-5-4-9-17-12-14/h14-15,17H,1-13H2. The molecule has 0 amide bonds. The molecule has 3 fully saturated rings. The third-order valence-corrected chi connectivity index (χ3v) is 5.18. The second-order valence-corrected chi connectivity index (χ2v) is 6.75. The quantitative estimate of drug-likeness (QED) is 0.853.